The maximum absolute atomic E-state index is 11.2. The fourth-order valence-electron chi connectivity index (χ4n) is 1.21. The second kappa shape index (κ2) is 5.98. The molecule has 0 aliphatic rings. The molecular formula is C12H16N2O. The van der Waals surface area contributed by atoms with Crippen molar-refractivity contribution in [3.63, 3.8) is 0 Å². The Morgan fingerprint density at radius 1 is 1.40 bits per heavy atom. The van der Waals surface area contributed by atoms with Crippen LogP contribution in [-0.4, -0.2) is 19.5 Å². The van der Waals surface area contributed by atoms with Crippen LogP contribution < -0.4 is 11.1 Å². The van der Waals surface area contributed by atoms with Gasteiger partial charge in [-0.1, -0.05) is 24.3 Å². The number of hydrogen-bond donors (Lipinski definition) is 2. The Balaban J connectivity index is 2.68. The lowest BCUT2D eigenvalue weighted by Gasteiger charge is -1.99. The van der Waals surface area contributed by atoms with Crippen molar-refractivity contribution in [1.82, 2.24) is 5.32 Å². The van der Waals surface area contributed by atoms with Crippen molar-refractivity contribution in [1.29, 1.82) is 0 Å². The molecule has 0 saturated carbocycles. The Labute approximate surface area is 90.0 Å². The van der Waals surface area contributed by atoms with Crippen LogP contribution in [0.5, 0.6) is 0 Å². The summed E-state index contributed by atoms with van der Waals surface area (Å²) < 4.78 is 0. The quantitative estimate of drug-likeness (QED) is 0.779. The molecule has 0 atom stereocenters. The third-order valence-corrected chi connectivity index (χ3v) is 2.04. The normalized spacial score (nSPS) is 10.5. The van der Waals surface area contributed by atoms with Gasteiger partial charge in [-0.3, -0.25) is 4.79 Å². The lowest BCUT2D eigenvalue weighted by atomic mass is 10.1. The first-order valence-corrected chi connectivity index (χ1v) is 4.96. The molecule has 0 aromatic heterocycles. The molecule has 0 aliphatic carbocycles. The van der Waals surface area contributed by atoms with Gasteiger partial charge >= 0.3 is 0 Å². The van der Waals surface area contributed by atoms with Gasteiger partial charge < -0.3 is 11.1 Å². The number of nitrogens with two attached hydrogens (primary N) is 1. The summed E-state index contributed by atoms with van der Waals surface area (Å²) in [5, 5.41) is 2.58. The zero-order chi connectivity index (χ0) is 11.1. The van der Waals surface area contributed by atoms with Crippen LogP contribution in [0, 0.1) is 0 Å². The van der Waals surface area contributed by atoms with Gasteiger partial charge in [0.1, 0.15) is 0 Å². The largest absolute Gasteiger partial charge is 0.355 e. The number of nitrogens with one attached hydrogen (secondary N) is 1. The maximum atomic E-state index is 11.2. The predicted octanol–water partition coefficient (Wildman–Crippen LogP) is 1.41. The minimum Gasteiger partial charge on any atom is -0.355 e. The smallest absolute Gasteiger partial charge is 0.251 e. The molecule has 1 amide bonds. The molecule has 3 N–H and O–H groups in total. The van der Waals surface area contributed by atoms with Gasteiger partial charge in [0.05, 0.1) is 0 Å². The molecule has 1 aromatic carbocycles. The van der Waals surface area contributed by atoms with Gasteiger partial charge in [0.2, 0.25) is 0 Å². The number of hydrogen-bond acceptors (Lipinski definition) is 2. The van der Waals surface area contributed by atoms with E-state index in [4.69, 9.17) is 5.73 Å². The Bertz CT molecular complexity index is 341. The van der Waals surface area contributed by atoms with Crippen molar-refractivity contribution in [2.24, 2.45) is 5.73 Å². The molecule has 0 radical (unpaired) electrons. The van der Waals surface area contributed by atoms with Gasteiger partial charge in [-0.15, -0.1) is 0 Å². The van der Waals surface area contributed by atoms with E-state index < -0.39 is 0 Å². The van der Waals surface area contributed by atoms with Gasteiger partial charge in [-0.05, 0) is 30.7 Å². The number of rotatable bonds is 4. The van der Waals surface area contributed by atoms with E-state index >= 15 is 0 Å². The summed E-state index contributed by atoms with van der Waals surface area (Å²) in [6.07, 6.45) is 4.90. The Kier molecular flexibility index (Phi) is 4.57. The summed E-state index contributed by atoms with van der Waals surface area (Å²) in [6.45, 7) is 0.660. The van der Waals surface area contributed by atoms with Crippen LogP contribution in [0.25, 0.3) is 6.08 Å². The highest BCUT2D eigenvalue weighted by atomic mass is 16.1. The molecule has 3 nitrogen and oxygen atoms in total. The monoisotopic (exact) mass is 204 g/mol. The molecule has 0 unspecified atom stereocenters. The van der Waals surface area contributed by atoms with Crippen LogP contribution in [0.4, 0.5) is 0 Å². The zero-order valence-corrected chi connectivity index (χ0v) is 8.86. The number of carbonyl (C=O) groups is 1. The number of amides is 1. The molecule has 80 valence electrons. The first-order valence-electron chi connectivity index (χ1n) is 4.96. The van der Waals surface area contributed by atoms with E-state index in [0.717, 1.165) is 12.0 Å². The van der Waals surface area contributed by atoms with E-state index in [1.54, 1.807) is 19.2 Å². The zero-order valence-electron chi connectivity index (χ0n) is 8.86. The van der Waals surface area contributed by atoms with Crippen molar-refractivity contribution in [3.05, 3.63) is 41.5 Å². The second-order valence-electron chi connectivity index (χ2n) is 3.18. The lowest BCUT2D eigenvalue weighted by molar-refractivity contribution is 0.0963. The fourth-order valence-corrected chi connectivity index (χ4v) is 1.21. The van der Waals surface area contributed by atoms with Crippen molar-refractivity contribution in [3.8, 4) is 0 Å². The Morgan fingerprint density at radius 2 is 2.07 bits per heavy atom. The predicted molar refractivity (Wildman–Crippen MR) is 62.5 cm³/mol. The molecule has 1 aromatic rings. The van der Waals surface area contributed by atoms with E-state index in [2.05, 4.69) is 5.32 Å². The van der Waals surface area contributed by atoms with Crippen LogP contribution >= 0.6 is 0 Å². The van der Waals surface area contributed by atoms with Gasteiger partial charge in [0.15, 0.2) is 0 Å². The highest BCUT2D eigenvalue weighted by molar-refractivity contribution is 5.94. The third kappa shape index (κ3) is 3.56. The van der Waals surface area contributed by atoms with E-state index in [-0.39, 0.29) is 5.91 Å². The molecule has 0 saturated heterocycles. The molecule has 3 heteroatoms. The first-order chi connectivity index (χ1) is 7.27. The molecule has 0 fully saturated rings. The third-order valence-electron chi connectivity index (χ3n) is 2.04. The van der Waals surface area contributed by atoms with Crippen molar-refractivity contribution >= 4 is 12.0 Å². The van der Waals surface area contributed by atoms with Crippen LogP contribution in [-0.2, 0) is 0 Å². The molecule has 0 aliphatic heterocycles. The van der Waals surface area contributed by atoms with Crippen LogP contribution in [0.3, 0.4) is 0 Å². The van der Waals surface area contributed by atoms with Crippen molar-refractivity contribution in [2.75, 3.05) is 13.6 Å². The highest BCUT2D eigenvalue weighted by Crippen LogP contribution is 2.06. The fraction of sp³-hybridized carbons (Fsp3) is 0.250. The number of benzene rings is 1. The van der Waals surface area contributed by atoms with E-state index in [1.807, 2.05) is 24.3 Å². The van der Waals surface area contributed by atoms with Gasteiger partial charge in [-0.2, -0.15) is 0 Å². The standard InChI is InChI=1S/C12H16N2O/c1-14-12(15)11-7-5-10(6-8-11)4-2-3-9-13/h2,4-8H,3,9,13H2,1H3,(H,14,15). The molecule has 0 bridgehead atoms. The number of carbonyl (C=O) groups excluding carboxylic acids is 1. The summed E-state index contributed by atoms with van der Waals surface area (Å²) in [7, 11) is 1.62. The maximum Gasteiger partial charge on any atom is 0.251 e. The summed E-state index contributed by atoms with van der Waals surface area (Å²) in [5.74, 6) is -0.0625. The topological polar surface area (TPSA) is 55.1 Å². The van der Waals surface area contributed by atoms with Crippen LogP contribution in [0.1, 0.15) is 22.3 Å². The molecular weight excluding hydrogens is 188 g/mol. The van der Waals surface area contributed by atoms with Gasteiger partial charge in [-0.25, -0.2) is 0 Å². The minimum atomic E-state index is -0.0625. The van der Waals surface area contributed by atoms with Crippen LogP contribution in [0.2, 0.25) is 0 Å². The lowest BCUT2D eigenvalue weighted by Crippen LogP contribution is -2.17. The first kappa shape index (κ1) is 11.5. The highest BCUT2D eigenvalue weighted by Gasteiger charge is 2.00. The van der Waals surface area contributed by atoms with E-state index in [1.165, 1.54) is 0 Å². The van der Waals surface area contributed by atoms with Crippen LogP contribution in [0.15, 0.2) is 30.3 Å². The summed E-state index contributed by atoms with van der Waals surface area (Å²) in [6, 6.07) is 7.44. The van der Waals surface area contributed by atoms with E-state index in [9.17, 15) is 4.79 Å². The summed E-state index contributed by atoms with van der Waals surface area (Å²) in [5.41, 5.74) is 7.12. The molecule has 0 spiro atoms. The average Bonchev–Trinajstić information content (AvgIpc) is 2.29. The SMILES string of the molecule is CNC(=O)c1ccc(C=CCCN)cc1. The molecule has 1 rings (SSSR count). The van der Waals surface area contributed by atoms with Crippen molar-refractivity contribution in [2.45, 2.75) is 6.42 Å². The van der Waals surface area contributed by atoms with Gasteiger partial charge in [0.25, 0.3) is 5.91 Å². The Hall–Kier alpha value is -1.61. The second-order valence-corrected chi connectivity index (χ2v) is 3.18. The molecule has 15 heavy (non-hydrogen) atoms. The molecule has 0 heterocycles. The minimum absolute atomic E-state index is 0.0625. The summed E-state index contributed by atoms with van der Waals surface area (Å²) >= 11 is 0. The van der Waals surface area contributed by atoms with Crippen molar-refractivity contribution < 1.29 is 4.79 Å². The van der Waals surface area contributed by atoms with Gasteiger partial charge in [0, 0.05) is 12.6 Å². The van der Waals surface area contributed by atoms with E-state index in [0.29, 0.717) is 12.1 Å². The summed E-state index contributed by atoms with van der Waals surface area (Å²) in [4.78, 5) is 11.2. The average molecular weight is 204 g/mol. The Morgan fingerprint density at radius 3 is 2.60 bits per heavy atom.